The fourth-order valence-electron chi connectivity index (χ4n) is 3.04. The van der Waals surface area contributed by atoms with Gasteiger partial charge >= 0.3 is 0 Å². The van der Waals surface area contributed by atoms with Crippen LogP contribution in [0.25, 0.3) is 11.0 Å². The van der Waals surface area contributed by atoms with Gasteiger partial charge in [-0.3, -0.25) is 4.90 Å². The SMILES string of the molecule is CCN1CCCC1Cn1c(N)nc2cc(Br)ccc21. The molecule has 1 aromatic heterocycles. The van der Waals surface area contributed by atoms with Gasteiger partial charge in [0.15, 0.2) is 0 Å². The average Bonchev–Trinajstić information content (AvgIpc) is 2.95. The Morgan fingerprint density at radius 3 is 3.11 bits per heavy atom. The van der Waals surface area contributed by atoms with Crippen LogP contribution in [-0.4, -0.2) is 33.6 Å². The molecule has 1 unspecified atom stereocenters. The van der Waals surface area contributed by atoms with Crippen molar-refractivity contribution in [3.8, 4) is 0 Å². The molecule has 4 nitrogen and oxygen atoms in total. The average molecular weight is 323 g/mol. The number of likely N-dealkylation sites (tertiary alicyclic amines) is 1. The third-order valence-corrected chi connectivity index (χ3v) is 4.53. The van der Waals surface area contributed by atoms with Crippen LogP contribution < -0.4 is 5.73 Å². The molecule has 102 valence electrons. The molecule has 0 saturated carbocycles. The number of nitrogens with zero attached hydrogens (tertiary/aromatic N) is 3. The van der Waals surface area contributed by atoms with Gasteiger partial charge in [0.2, 0.25) is 5.95 Å². The topological polar surface area (TPSA) is 47.1 Å². The fraction of sp³-hybridized carbons (Fsp3) is 0.500. The molecule has 2 heterocycles. The van der Waals surface area contributed by atoms with Gasteiger partial charge < -0.3 is 10.3 Å². The molecular weight excluding hydrogens is 304 g/mol. The first-order valence-electron chi connectivity index (χ1n) is 6.84. The van der Waals surface area contributed by atoms with E-state index in [2.05, 4.69) is 43.4 Å². The Morgan fingerprint density at radius 2 is 2.32 bits per heavy atom. The minimum absolute atomic E-state index is 0.591. The van der Waals surface area contributed by atoms with E-state index in [0.717, 1.165) is 28.6 Å². The van der Waals surface area contributed by atoms with Crippen molar-refractivity contribution in [1.29, 1.82) is 0 Å². The Hall–Kier alpha value is -1.07. The van der Waals surface area contributed by atoms with Crippen LogP contribution >= 0.6 is 15.9 Å². The van der Waals surface area contributed by atoms with Crippen molar-refractivity contribution in [1.82, 2.24) is 14.5 Å². The summed E-state index contributed by atoms with van der Waals surface area (Å²) in [6.07, 6.45) is 2.54. The molecule has 2 N–H and O–H groups in total. The fourth-order valence-corrected chi connectivity index (χ4v) is 3.39. The minimum Gasteiger partial charge on any atom is -0.369 e. The third kappa shape index (κ3) is 2.37. The van der Waals surface area contributed by atoms with Crippen molar-refractivity contribution in [3.05, 3.63) is 22.7 Å². The van der Waals surface area contributed by atoms with Gasteiger partial charge in [-0.25, -0.2) is 4.98 Å². The number of hydrogen-bond donors (Lipinski definition) is 1. The lowest BCUT2D eigenvalue weighted by Gasteiger charge is -2.23. The smallest absolute Gasteiger partial charge is 0.201 e. The number of rotatable bonds is 3. The highest BCUT2D eigenvalue weighted by Gasteiger charge is 2.24. The zero-order valence-electron chi connectivity index (χ0n) is 11.1. The molecule has 0 bridgehead atoms. The number of imidazole rings is 1. The maximum Gasteiger partial charge on any atom is 0.201 e. The lowest BCUT2D eigenvalue weighted by molar-refractivity contribution is 0.246. The van der Waals surface area contributed by atoms with E-state index in [9.17, 15) is 0 Å². The third-order valence-electron chi connectivity index (χ3n) is 4.04. The van der Waals surface area contributed by atoms with Crippen molar-refractivity contribution in [3.63, 3.8) is 0 Å². The first kappa shape index (κ1) is 12.9. The molecule has 1 aliphatic heterocycles. The summed E-state index contributed by atoms with van der Waals surface area (Å²) < 4.78 is 3.20. The van der Waals surface area contributed by atoms with E-state index in [4.69, 9.17) is 5.73 Å². The number of aromatic nitrogens is 2. The summed E-state index contributed by atoms with van der Waals surface area (Å²) in [4.78, 5) is 6.99. The van der Waals surface area contributed by atoms with Gasteiger partial charge in [0.25, 0.3) is 0 Å². The number of nitrogen functional groups attached to an aromatic ring is 1. The van der Waals surface area contributed by atoms with Crippen LogP contribution in [0.5, 0.6) is 0 Å². The van der Waals surface area contributed by atoms with Gasteiger partial charge in [0, 0.05) is 17.1 Å². The van der Waals surface area contributed by atoms with Crippen LogP contribution in [0.1, 0.15) is 19.8 Å². The van der Waals surface area contributed by atoms with Gasteiger partial charge in [-0.05, 0) is 44.1 Å². The Balaban J connectivity index is 1.94. The molecule has 0 amide bonds. The molecule has 1 fully saturated rings. The summed E-state index contributed by atoms with van der Waals surface area (Å²) in [5, 5.41) is 0. The molecule has 5 heteroatoms. The molecule has 1 aromatic carbocycles. The molecule has 1 aliphatic rings. The lowest BCUT2D eigenvalue weighted by Crippen LogP contribution is -2.32. The number of hydrogen-bond acceptors (Lipinski definition) is 3. The number of halogens is 1. The van der Waals surface area contributed by atoms with Crippen LogP contribution in [0.2, 0.25) is 0 Å². The highest BCUT2D eigenvalue weighted by Crippen LogP contribution is 2.25. The van der Waals surface area contributed by atoms with E-state index >= 15 is 0 Å². The Labute approximate surface area is 121 Å². The monoisotopic (exact) mass is 322 g/mol. The predicted octanol–water partition coefficient (Wildman–Crippen LogP) is 2.87. The summed E-state index contributed by atoms with van der Waals surface area (Å²) in [7, 11) is 0. The number of nitrogens with two attached hydrogens (primary N) is 1. The van der Waals surface area contributed by atoms with Crippen LogP contribution in [0.15, 0.2) is 22.7 Å². The molecule has 0 radical (unpaired) electrons. The highest BCUT2D eigenvalue weighted by atomic mass is 79.9. The number of anilines is 1. The van der Waals surface area contributed by atoms with Crippen molar-refractivity contribution in [2.45, 2.75) is 32.4 Å². The second-order valence-corrected chi connectivity index (χ2v) is 6.05. The highest BCUT2D eigenvalue weighted by molar-refractivity contribution is 9.10. The summed E-state index contributed by atoms with van der Waals surface area (Å²) in [5.41, 5.74) is 8.18. The number of fused-ring (bicyclic) bond motifs is 1. The normalized spacial score (nSPS) is 20.4. The zero-order chi connectivity index (χ0) is 13.4. The molecular formula is C14H19BrN4. The Morgan fingerprint density at radius 1 is 1.47 bits per heavy atom. The summed E-state index contributed by atoms with van der Waals surface area (Å²) in [5.74, 6) is 0.621. The van der Waals surface area contributed by atoms with E-state index < -0.39 is 0 Å². The van der Waals surface area contributed by atoms with Crippen LogP contribution in [-0.2, 0) is 6.54 Å². The molecule has 0 spiro atoms. The van der Waals surface area contributed by atoms with Crippen LogP contribution in [0.3, 0.4) is 0 Å². The van der Waals surface area contributed by atoms with Gasteiger partial charge in [0.05, 0.1) is 11.0 Å². The Bertz CT molecular complexity index is 592. The van der Waals surface area contributed by atoms with E-state index in [-0.39, 0.29) is 0 Å². The standard InChI is InChI=1S/C14H19BrN4/c1-2-18-7-3-4-11(18)9-19-13-6-5-10(15)8-12(13)17-14(19)16/h5-6,8,11H,2-4,7,9H2,1H3,(H2,16,17). The van der Waals surface area contributed by atoms with Crippen molar-refractivity contribution < 1.29 is 0 Å². The maximum atomic E-state index is 6.09. The first-order chi connectivity index (χ1) is 9.19. The van der Waals surface area contributed by atoms with Crippen molar-refractivity contribution in [2.24, 2.45) is 0 Å². The molecule has 1 atom stereocenters. The lowest BCUT2D eigenvalue weighted by atomic mass is 10.2. The summed E-state index contributed by atoms with van der Waals surface area (Å²) in [6, 6.07) is 6.75. The van der Waals surface area contributed by atoms with E-state index in [0.29, 0.717) is 12.0 Å². The molecule has 19 heavy (non-hydrogen) atoms. The van der Waals surface area contributed by atoms with Gasteiger partial charge in [-0.2, -0.15) is 0 Å². The second kappa shape index (κ2) is 5.13. The minimum atomic E-state index is 0.591. The number of likely N-dealkylation sites (N-methyl/N-ethyl adjacent to an activating group) is 1. The predicted molar refractivity (Wildman–Crippen MR) is 82.1 cm³/mol. The van der Waals surface area contributed by atoms with E-state index in [1.807, 2.05) is 12.1 Å². The number of benzene rings is 1. The second-order valence-electron chi connectivity index (χ2n) is 5.14. The van der Waals surface area contributed by atoms with Gasteiger partial charge in [-0.1, -0.05) is 22.9 Å². The largest absolute Gasteiger partial charge is 0.369 e. The maximum absolute atomic E-state index is 6.09. The molecule has 3 rings (SSSR count). The molecule has 2 aromatic rings. The summed E-state index contributed by atoms with van der Waals surface area (Å²) in [6.45, 7) is 5.49. The first-order valence-corrected chi connectivity index (χ1v) is 7.63. The van der Waals surface area contributed by atoms with Gasteiger partial charge in [-0.15, -0.1) is 0 Å². The zero-order valence-corrected chi connectivity index (χ0v) is 12.7. The van der Waals surface area contributed by atoms with Crippen molar-refractivity contribution in [2.75, 3.05) is 18.8 Å². The summed E-state index contributed by atoms with van der Waals surface area (Å²) >= 11 is 3.48. The molecule has 1 saturated heterocycles. The van der Waals surface area contributed by atoms with Crippen molar-refractivity contribution >= 4 is 32.9 Å². The van der Waals surface area contributed by atoms with Gasteiger partial charge in [0.1, 0.15) is 0 Å². The van der Waals surface area contributed by atoms with E-state index in [1.165, 1.54) is 19.4 Å². The molecule has 0 aliphatic carbocycles. The van der Waals surface area contributed by atoms with E-state index in [1.54, 1.807) is 0 Å². The Kier molecular flexibility index (Phi) is 3.50. The quantitative estimate of drug-likeness (QED) is 0.945. The van der Waals surface area contributed by atoms with Crippen LogP contribution in [0, 0.1) is 0 Å². The van der Waals surface area contributed by atoms with Crippen LogP contribution in [0.4, 0.5) is 5.95 Å².